The average molecular weight is 398 g/mol. The number of piperazine rings is 1. The second-order valence-electron chi connectivity index (χ2n) is 6.70. The molecule has 0 saturated carbocycles. The van der Waals surface area contributed by atoms with Gasteiger partial charge in [0.1, 0.15) is 16.4 Å². The third-order valence-electron chi connectivity index (χ3n) is 4.83. The molecule has 4 rings (SSSR count). The number of nitrogens with one attached hydrogen (secondary N) is 1. The molecule has 3 aromatic rings. The maximum atomic E-state index is 12.7. The maximum Gasteiger partial charge on any atom is 0.321 e. The van der Waals surface area contributed by atoms with Crippen molar-refractivity contribution in [3.8, 4) is 5.75 Å². The molecule has 1 atom stereocenters. The molecule has 9 heteroatoms. The van der Waals surface area contributed by atoms with Crippen LogP contribution >= 0.6 is 11.3 Å². The molecule has 146 valence electrons. The van der Waals surface area contributed by atoms with Crippen molar-refractivity contribution < 1.29 is 9.53 Å². The number of hydrogen-bond acceptors (Lipinski definition) is 7. The van der Waals surface area contributed by atoms with Crippen LogP contribution in [0.5, 0.6) is 5.75 Å². The molecule has 0 bridgehead atoms. The van der Waals surface area contributed by atoms with E-state index < -0.39 is 0 Å². The van der Waals surface area contributed by atoms with Crippen LogP contribution in [-0.2, 0) is 0 Å². The lowest BCUT2D eigenvalue weighted by Gasteiger charge is -2.40. The van der Waals surface area contributed by atoms with Gasteiger partial charge in [0.05, 0.1) is 12.5 Å². The van der Waals surface area contributed by atoms with E-state index in [0.717, 1.165) is 16.0 Å². The van der Waals surface area contributed by atoms with Crippen LogP contribution in [0.15, 0.2) is 35.7 Å². The molecule has 1 aliphatic rings. The molecule has 2 aromatic heterocycles. The number of aromatic nitrogens is 2. The van der Waals surface area contributed by atoms with Crippen molar-refractivity contribution in [3.05, 3.63) is 35.7 Å². The third kappa shape index (κ3) is 3.53. The summed E-state index contributed by atoms with van der Waals surface area (Å²) in [5, 5.41) is 5.93. The predicted octanol–water partition coefficient (Wildman–Crippen LogP) is 3.02. The van der Waals surface area contributed by atoms with Crippen molar-refractivity contribution in [3.63, 3.8) is 0 Å². The van der Waals surface area contributed by atoms with Crippen molar-refractivity contribution in [2.75, 3.05) is 42.7 Å². The van der Waals surface area contributed by atoms with E-state index in [4.69, 9.17) is 10.5 Å². The first kappa shape index (κ1) is 18.3. The van der Waals surface area contributed by atoms with E-state index in [9.17, 15) is 4.79 Å². The highest BCUT2D eigenvalue weighted by molar-refractivity contribution is 7.16. The summed E-state index contributed by atoms with van der Waals surface area (Å²) in [5.74, 6) is 1.82. The zero-order valence-corrected chi connectivity index (χ0v) is 16.6. The highest BCUT2D eigenvalue weighted by Crippen LogP contribution is 2.30. The minimum absolute atomic E-state index is 0.0993. The smallest absolute Gasteiger partial charge is 0.321 e. The SMILES string of the molecule is COc1cccc(NC(=O)N2CCN(c3nc(N)nc4sccc34)C(C)C2)c1. The summed E-state index contributed by atoms with van der Waals surface area (Å²) in [5.41, 5.74) is 6.61. The van der Waals surface area contributed by atoms with Crippen molar-refractivity contribution in [2.24, 2.45) is 0 Å². The van der Waals surface area contributed by atoms with Crippen LogP contribution in [0.2, 0.25) is 0 Å². The van der Waals surface area contributed by atoms with Crippen LogP contribution in [0.25, 0.3) is 10.2 Å². The fraction of sp³-hybridized carbons (Fsp3) is 0.316. The van der Waals surface area contributed by atoms with Crippen molar-refractivity contribution in [1.29, 1.82) is 0 Å². The van der Waals surface area contributed by atoms with Crippen molar-refractivity contribution in [2.45, 2.75) is 13.0 Å². The van der Waals surface area contributed by atoms with Gasteiger partial charge in [0.2, 0.25) is 5.95 Å². The number of benzene rings is 1. The lowest BCUT2D eigenvalue weighted by atomic mass is 10.2. The number of methoxy groups -OCH3 is 1. The summed E-state index contributed by atoms with van der Waals surface area (Å²) in [4.78, 5) is 26.4. The van der Waals surface area contributed by atoms with E-state index in [0.29, 0.717) is 31.1 Å². The molecule has 0 spiro atoms. The molecule has 3 N–H and O–H groups in total. The molecule has 1 fully saturated rings. The molecule has 0 aliphatic carbocycles. The molecule has 1 aliphatic heterocycles. The minimum atomic E-state index is -0.123. The Hall–Kier alpha value is -3.07. The van der Waals surface area contributed by atoms with Gasteiger partial charge in [0.25, 0.3) is 0 Å². The van der Waals surface area contributed by atoms with Crippen LogP contribution in [-0.4, -0.2) is 53.7 Å². The van der Waals surface area contributed by atoms with Crippen LogP contribution < -0.4 is 20.7 Å². The number of carbonyl (C=O) groups is 1. The van der Waals surface area contributed by atoms with Gasteiger partial charge in [-0.05, 0) is 30.5 Å². The first-order chi connectivity index (χ1) is 13.5. The predicted molar refractivity (Wildman–Crippen MR) is 112 cm³/mol. The van der Waals surface area contributed by atoms with Gasteiger partial charge in [-0.25, -0.2) is 9.78 Å². The number of nitrogens with zero attached hydrogens (tertiary/aromatic N) is 4. The van der Waals surface area contributed by atoms with E-state index in [1.807, 2.05) is 34.5 Å². The quantitative estimate of drug-likeness (QED) is 0.704. The topological polar surface area (TPSA) is 96.6 Å². The largest absolute Gasteiger partial charge is 0.497 e. The summed E-state index contributed by atoms with van der Waals surface area (Å²) >= 11 is 1.55. The zero-order valence-electron chi connectivity index (χ0n) is 15.8. The number of hydrogen-bond donors (Lipinski definition) is 2. The monoisotopic (exact) mass is 398 g/mol. The molecule has 0 radical (unpaired) electrons. The molecule has 3 heterocycles. The normalized spacial score (nSPS) is 17.0. The van der Waals surface area contributed by atoms with Gasteiger partial charge in [-0.3, -0.25) is 0 Å². The number of fused-ring (bicyclic) bond motifs is 1. The second kappa shape index (κ2) is 7.51. The number of thiophene rings is 1. The lowest BCUT2D eigenvalue weighted by Crippen LogP contribution is -2.55. The van der Waals surface area contributed by atoms with E-state index >= 15 is 0 Å². The number of nitrogens with two attached hydrogens (primary N) is 1. The minimum Gasteiger partial charge on any atom is -0.497 e. The Morgan fingerprint density at radius 2 is 2.18 bits per heavy atom. The van der Waals surface area contributed by atoms with Crippen LogP contribution in [0.4, 0.5) is 22.2 Å². The summed E-state index contributed by atoms with van der Waals surface area (Å²) in [6.07, 6.45) is 0. The fourth-order valence-corrected chi connectivity index (χ4v) is 4.20. The van der Waals surface area contributed by atoms with Crippen LogP contribution in [0, 0.1) is 0 Å². The number of urea groups is 1. The molecule has 28 heavy (non-hydrogen) atoms. The van der Waals surface area contributed by atoms with Crippen LogP contribution in [0.3, 0.4) is 0 Å². The number of nitrogen functional groups attached to an aromatic ring is 1. The molecule has 1 saturated heterocycles. The van der Waals surface area contributed by atoms with Crippen LogP contribution in [0.1, 0.15) is 6.92 Å². The van der Waals surface area contributed by atoms with Gasteiger partial charge in [0, 0.05) is 37.4 Å². The Balaban J connectivity index is 1.47. The summed E-state index contributed by atoms with van der Waals surface area (Å²) in [6, 6.07) is 9.33. The average Bonchev–Trinajstić information content (AvgIpc) is 3.16. The number of rotatable bonds is 3. The first-order valence-corrected chi connectivity index (χ1v) is 9.90. The number of anilines is 3. The Kier molecular flexibility index (Phi) is 4.91. The lowest BCUT2D eigenvalue weighted by molar-refractivity contribution is 0.200. The Bertz CT molecular complexity index is 1010. The Morgan fingerprint density at radius 1 is 1.32 bits per heavy atom. The van der Waals surface area contributed by atoms with E-state index in [1.54, 1.807) is 24.5 Å². The van der Waals surface area contributed by atoms with E-state index in [-0.39, 0.29) is 18.0 Å². The van der Waals surface area contributed by atoms with Crippen molar-refractivity contribution in [1.82, 2.24) is 14.9 Å². The van der Waals surface area contributed by atoms with Crippen molar-refractivity contribution >= 4 is 45.0 Å². The van der Waals surface area contributed by atoms with E-state index in [1.165, 1.54) is 0 Å². The molecule has 2 amide bonds. The van der Waals surface area contributed by atoms with Gasteiger partial charge in [-0.2, -0.15) is 4.98 Å². The van der Waals surface area contributed by atoms with Gasteiger partial charge in [0.15, 0.2) is 0 Å². The second-order valence-corrected chi connectivity index (χ2v) is 7.59. The molecular formula is C19H22N6O2S. The van der Waals surface area contributed by atoms with Gasteiger partial charge in [-0.15, -0.1) is 11.3 Å². The number of amides is 2. The fourth-order valence-electron chi connectivity index (χ4n) is 3.43. The summed E-state index contributed by atoms with van der Waals surface area (Å²) in [6.45, 7) is 3.94. The molecule has 1 unspecified atom stereocenters. The molecular weight excluding hydrogens is 376 g/mol. The van der Waals surface area contributed by atoms with Gasteiger partial charge < -0.3 is 25.6 Å². The summed E-state index contributed by atoms with van der Waals surface area (Å²) < 4.78 is 5.21. The highest BCUT2D eigenvalue weighted by Gasteiger charge is 2.29. The molecule has 1 aromatic carbocycles. The third-order valence-corrected chi connectivity index (χ3v) is 5.64. The van der Waals surface area contributed by atoms with Gasteiger partial charge in [-0.1, -0.05) is 6.07 Å². The Labute approximate surface area is 166 Å². The highest BCUT2D eigenvalue weighted by atomic mass is 32.1. The number of carbonyl (C=O) groups excluding carboxylic acids is 1. The summed E-state index contributed by atoms with van der Waals surface area (Å²) in [7, 11) is 1.60. The van der Waals surface area contributed by atoms with Gasteiger partial charge >= 0.3 is 6.03 Å². The van der Waals surface area contributed by atoms with E-state index in [2.05, 4.69) is 27.1 Å². The maximum absolute atomic E-state index is 12.7. The zero-order chi connectivity index (χ0) is 19.7. The Morgan fingerprint density at radius 3 is 2.96 bits per heavy atom. The first-order valence-electron chi connectivity index (χ1n) is 9.02. The standard InChI is InChI=1S/C19H22N6O2S/c1-12-11-24(19(26)21-13-4-3-5-14(10-13)27-2)7-8-25(12)16-15-6-9-28-17(15)23-18(20)22-16/h3-6,9-10,12H,7-8,11H2,1-2H3,(H,21,26)(H2,20,22,23). The number of ether oxygens (including phenoxy) is 1. The molecule has 8 nitrogen and oxygen atoms in total.